The zero-order chi connectivity index (χ0) is 8.85. The van der Waals surface area contributed by atoms with Crippen molar-refractivity contribution in [3.05, 3.63) is 27.6 Å². The van der Waals surface area contributed by atoms with Crippen LogP contribution in [-0.4, -0.2) is 7.05 Å². The standard InChI is InChI=1S/C10H16N/c1-8(2)6-9(3)10(4)7-11-5/h6H,1-5H3/q+1/b10-9+. The predicted octanol–water partition coefficient (Wildman–Crippen LogP) is 3.25. The van der Waals surface area contributed by atoms with E-state index in [9.17, 15) is 0 Å². The van der Waals surface area contributed by atoms with E-state index >= 15 is 0 Å². The molecule has 60 valence electrons. The largest absolute Gasteiger partial charge is 0.306 e. The fraction of sp³-hybridized carbons (Fsp3) is 0.500. The third-order valence-corrected chi connectivity index (χ3v) is 1.38. The van der Waals surface area contributed by atoms with Gasteiger partial charge in [-0.2, -0.15) is 0 Å². The molecule has 0 fully saturated rings. The molecule has 0 radical (unpaired) electrons. The molecule has 0 heterocycles. The Labute approximate surface area is 69.2 Å². The summed E-state index contributed by atoms with van der Waals surface area (Å²) >= 11 is 0. The lowest BCUT2D eigenvalue weighted by Crippen LogP contribution is -1.77. The molecule has 1 heteroatoms. The normalized spacial score (nSPS) is 11.0. The predicted molar refractivity (Wildman–Crippen MR) is 51.0 cm³/mol. The van der Waals surface area contributed by atoms with E-state index in [-0.39, 0.29) is 0 Å². The molecule has 0 rings (SSSR count). The zero-order valence-corrected chi connectivity index (χ0v) is 8.02. The van der Waals surface area contributed by atoms with Crippen LogP contribution in [0.5, 0.6) is 0 Å². The van der Waals surface area contributed by atoms with Gasteiger partial charge in [-0.15, -0.1) is 0 Å². The van der Waals surface area contributed by atoms with Gasteiger partial charge in [0.1, 0.15) is 0 Å². The van der Waals surface area contributed by atoms with Gasteiger partial charge in [-0.3, -0.25) is 0 Å². The molecule has 0 spiro atoms. The molecular weight excluding hydrogens is 134 g/mol. The highest BCUT2D eigenvalue weighted by Crippen LogP contribution is 2.06. The summed E-state index contributed by atoms with van der Waals surface area (Å²) in [7, 11) is 1.74. The maximum atomic E-state index is 3.83. The van der Waals surface area contributed by atoms with Crippen LogP contribution in [0, 0.1) is 6.07 Å². The first kappa shape index (κ1) is 9.97. The Morgan fingerprint density at radius 2 is 1.73 bits per heavy atom. The lowest BCUT2D eigenvalue weighted by molar-refractivity contribution is 1.32. The molecule has 11 heavy (non-hydrogen) atoms. The Kier molecular flexibility index (Phi) is 4.29. The van der Waals surface area contributed by atoms with Gasteiger partial charge in [0.15, 0.2) is 0 Å². The van der Waals surface area contributed by atoms with E-state index in [0.29, 0.717) is 0 Å². The van der Waals surface area contributed by atoms with Gasteiger partial charge in [-0.05, 0) is 33.3 Å². The first-order valence-corrected chi connectivity index (χ1v) is 3.75. The molecule has 0 bridgehead atoms. The van der Waals surface area contributed by atoms with Crippen molar-refractivity contribution in [3.8, 4) is 6.07 Å². The van der Waals surface area contributed by atoms with Gasteiger partial charge < -0.3 is 0 Å². The molecule has 0 aromatic heterocycles. The second kappa shape index (κ2) is 4.73. The van der Waals surface area contributed by atoms with Crippen molar-refractivity contribution < 1.29 is 0 Å². The Hall–Kier alpha value is -1.03. The lowest BCUT2D eigenvalue weighted by atomic mass is 10.1. The topological polar surface area (TPSA) is 4.36 Å². The molecule has 0 N–H and O–H groups in total. The van der Waals surface area contributed by atoms with Crippen LogP contribution in [0.1, 0.15) is 27.7 Å². The van der Waals surface area contributed by atoms with Crippen molar-refractivity contribution in [1.29, 1.82) is 0 Å². The summed E-state index contributed by atoms with van der Waals surface area (Å²) in [4.78, 5) is 3.83. The van der Waals surface area contributed by atoms with Crippen LogP contribution in [0.4, 0.5) is 0 Å². The first-order valence-electron chi connectivity index (χ1n) is 3.75. The molecule has 1 nitrogen and oxygen atoms in total. The van der Waals surface area contributed by atoms with Crippen molar-refractivity contribution in [2.24, 2.45) is 0 Å². The molecule has 0 aliphatic carbocycles. The summed E-state index contributed by atoms with van der Waals surface area (Å²) in [6, 6.07) is 2.91. The Morgan fingerprint density at radius 3 is 2.09 bits per heavy atom. The van der Waals surface area contributed by atoms with Gasteiger partial charge >= 0.3 is 6.07 Å². The summed E-state index contributed by atoms with van der Waals surface area (Å²) in [6.45, 7) is 8.25. The van der Waals surface area contributed by atoms with E-state index in [1.54, 1.807) is 7.05 Å². The number of rotatable bonds is 1. The molecule has 0 saturated heterocycles. The minimum absolute atomic E-state index is 1.11. The Balaban J connectivity index is 4.63. The molecule has 0 aromatic carbocycles. The zero-order valence-electron chi connectivity index (χ0n) is 8.02. The minimum Gasteiger partial charge on any atom is -0.0817 e. The van der Waals surface area contributed by atoms with Gasteiger partial charge in [-0.25, -0.2) is 0 Å². The number of hydrogen-bond donors (Lipinski definition) is 0. The van der Waals surface area contributed by atoms with Crippen LogP contribution in [0.3, 0.4) is 0 Å². The summed E-state index contributed by atoms with van der Waals surface area (Å²) in [5.74, 6) is 0. The van der Waals surface area contributed by atoms with E-state index < -0.39 is 0 Å². The molecule has 0 aromatic rings. The van der Waals surface area contributed by atoms with Crippen LogP contribution in [0.25, 0.3) is 4.85 Å². The average molecular weight is 150 g/mol. The summed E-state index contributed by atoms with van der Waals surface area (Å²) in [5.41, 5.74) is 3.64. The van der Waals surface area contributed by atoms with Crippen molar-refractivity contribution in [3.63, 3.8) is 0 Å². The van der Waals surface area contributed by atoms with Gasteiger partial charge in [0.05, 0.1) is 5.57 Å². The Bertz CT molecular complexity index is 242. The van der Waals surface area contributed by atoms with Crippen molar-refractivity contribution in [2.75, 3.05) is 7.05 Å². The monoisotopic (exact) mass is 150 g/mol. The number of allylic oxidation sites excluding steroid dienone is 4. The molecule has 0 unspecified atom stereocenters. The van der Waals surface area contributed by atoms with Gasteiger partial charge in [0, 0.05) is 0 Å². The van der Waals surface area contributed by atoms with Crippen LogP contribution in [0.15, 0.2) is 22.8 Å². The minimum atomic E-state index is 1.11. The van der Waals surface area contributed by atoms with E-state index in [1.165, 1.54) is 11.1 Å². The Morgan fingerprint density at radius 1 is 1.18 bits per heavy atom. The second-order valence-electron chi connectivity index (χ2n) is 2.87. The van der Waals surface area contributed by atoms with Crippen molar-refractivity contribution in [1.82, 2.24) is 0 Å². The van der Waals surface area contributed by atoms with Crippen molar-refractivity contribution >= 4 is 0 Å². The quantitative estimate of drug-likeness (QED) is 0.399. The summed E-state index contributed by atoms with van der Waals surface area (Å²) in [5, 5.41) is 0. The third kappa shape index (κ3) is 4.38. The van der Waals surface area contributed by atoms with Crippen LogP contribution >= 0.6 is 0 Å². The molecular formula is C10H16N+. The van der Waals surface area contributed by atoms with E-state index in [1.807, 2.05) is 6.92 Å². The van der Waals surface area contributed by atoms with Gasteiger partial charge in [0.2, 0.25) is 0 Å². The van der Waals surface area contributed by atoms with E-state index in [0.717, 1.165) is 5.57 Å². The third-order valence-electron chi connectivity index (χ3n) is 1.38. The van der Waals surface area contributed by atoms with E-state index in [4.69, 9.17) is 0 Å². The van der Waals surface area contributed by atoms with Gasteiger partial charge in [0.25, 0.3) is 7.05 Å². The van der Waals surface area contributed by atoms with Gasteiger partial charge in [-0.1, -0.05) is 16.5 Å². The summed E-state index contributed by atoms with van der Waals surface area (Å²) < 4.78 is 0. The second-order valence-corrected chi connectivity index (χ2v) is 2.87. The van der Waals surface area contributed by atoms with Crippen LogP contribution in [-0.2, 0) is 0 Å². The molecule has 0 saturated carbocycles. The maximum absolute atomic E-state index is 3.83. The average Bonchev–Trinajstić information content (AvgIpc) is 1.86. The first-order chi connectivity index (χ1) is 5.07. The fourth-order valence-corrected chi connectivity index (χ4v) is 0.797. The molecule has 0 amide bonds. The highest BCUT2D eigenvalue weighted by molar-refractivity contribution is 5.34. The highest BCUT2D eigenvalue weighted by Gasteiger charge is 1.94. The fourth-order valence-electron chi connectivity index (χ4n) is 0.797. The van der Waals surface area contributed by atoms with E-state index in [2.05, 4.69) is 37.8 Å². The van der Waals surface area contributed by atoms with Crippen LogP contribution in [0.2, 0.25) is 0 Å². The molecule has 0 atom stereocenters. The lowest BCUT2D eigenvalue weighted by Gasteiger charge is -1.91. The number of nitrogens with zero attached hydrogens (tertiary/aromatic N) is 1. The highest BCUT2D eigenvalue weighted by atomic mass is 14.6. The number of hydrogen-bond acceptors (Lipinski definition) is 0. The van der Waals surface area contributed by atoms with Crippen LogP contribution < -0.4 is 0 Å². The maximum Gasteiger partial charge on any atom is 0.306 e. The molecule has 0 aliphatic rings. The summed E-state index contributed by atoms with van der Waals surface area (Å²) in [6.07, 6.45) is 2.13. The SMILES string of the molecule is C[N+]#C/C(C)=C(\C)C=C(C)C. The molecule has 0 aliphatic heterocycles. The smallest absolute Gasteiger partial charge is 0.0817 e. The van der Waals surface area contributed by atoms with Crippen molar-refractivity contribution in [2.45, 2.75) is 27.7 Å².